The maximum absolute atomic E-state index is 5.85. The van der Waals surface area contributed by atoms with Crippen LogP contribution in [0, 0.1) is 18.8 Å². The van der Waals surface area contributed by atoms with E-state index in [1.165, 1.54) is 30.5 Å². The molecule has 0 saturated heterocycles. The molecule has 0 spiro atoms. The monoisotopic (exact) mass is 232 g/mol. The highest BCUT2D eigenvalue weighted by Crippen LogP contribution is 2.36. The first kappa shape index (κ1) is 12.3. The summed E-state index contributed by atoms with van der Waals surface area (Å²) in [4.78, 5) is 0. The van der Waals surface area contributed by atoms with Crippen molar-refractivity contribution in [3.63, 3.8) is 0 Å². The van der Waals surface area contributed by atoms with Crippen LogP contribution in [0.5, 0.6) is 0 Å². The molecule has 1 fully saturated rings. The van der Waals surface area contributed by atoms with Gasteiger partial charge >= 0.3 is 0 Å². The third-order valence-electron chi connectivity index (χ3n) is 4.35. The second-order valence-electron chi connectivity index (χ2n) is 5.43. The molecule has 0 radical (unpaired) electrons. The highest BCUT2D eigenvalue weighted by molar-refractivity contribution is 5.59. The summed E-state index contributed by atoms with van der Waals surface area (Å²) >= 11 is 0. The Hall–Kier alpha value is -1.18. The Morgan fingerprint density at radius 2 is 2.12 bits per heavy atom. The summed E-state index contributed by atoms with van der Waals surface area (Å²) in [6.07, 6.45) is 3.94. The average Bonchev–Trinajstić information content (AvgIpc) is 2.65. The fraction of sp³-hybridized carbons (Fsp3) is 0.600. The van der Waals surface area contributed by atoms with Crippen LogP contribution in [0.2, 0.25) is 0 Å². The molecule has 0 bridgehead atoms. The van der Waals surface area contributed by atoms with Gasteiger partial charge in [0.15, 0.2) is 0 Å². The summed E-state index contributed by atoms with van der Waals surface area (Å²) < 4.78 is 0. The number of anilines is 2. The van der Waals surface area contributed by atoms with Crippen molar-refractivity contribution in [2.24, 2.45) is 11.8 Å². The lowest BCUT2D eigenvalue weighted by Gasteiger charge is -2.23. The molecule has 2 rings (SSSR count). The van der Waals surface area contributed by atoms with Crippen LogP contribution in [0.25, 0.3) is 0 Å². The minimum atomic E-state index is 0.612. The maximum atomic E-state index is 5.85. The summed E-state index contributed by atoms with van der Waals surface area (Å²) in [5.41, 5.74) is 9.18. The molecular weight excluding hydrogens is 208 g/mol. The molecule has 2 heteroatoms. The van der Waals surface area contributed by atoms with E-state index < -0.39 is 0 Å². The first-order chi connectivity index (χ1) is 8.11. The van der Waals surface area contributed by atoms with Gasteiger partial charge in [-0.2, -0.15) is 0 Å². The predicted octanol–water partition coefficient (Wildman–Crippen LogP) is 3.81. The van der Waals surface area contributed by atoms with E-state index in [1.54, 1.807) is 0 Å². The highest BCUT2D eigenvalue weighted by atomic mass is 14.9. The van der Waals surface area contributed by atoms with E-state index in [9.17, 15) is 0 Å². The Morgan fingerprint density at radius 3 is 2.76 bits per heavy atom. The number of aryl methyl sites for hydroxylation is 1. The first-order valence-corrected chi connectivity index (χ1v) is 6.74. The fourth-order valence-corrected chi connectivity index (χ4v) is 3.02. The summed E-state index contributed by atoms with van der Waals surface area (Å²) in [6, 6.07) is 6.73. The number of rotatable bonds is 3. The van der Waals surface area contributed by atoms with Crippen LogP contribution in [-0.4, -0.2) is 6.04 Å². The van der Waals surface area contributed by atoms with Gasteiger partial charge in [-0.1, -0.05) is 26.3 Å². The Morgan fingerprint density at radius 1 is 1.35 bits per heavy atom. The predicted molar refractivity (Wildman–Crippen MR) is 75.2 cm³/mol. The lowest BCUT2D eigenvalue weighted by molar-refractivity contribution is 0.392. The molecule has 3 atom stereocenters. The molecule has 0 aliphatic heterocycles. The van der Waals surface area contributed by atoms with Crippen molar-refractivity contribution >= 4 is 11.4 Å². The lowest BCUT2D eigenvalue weighted by atomic mass is 9.93. The normalized spacial score (nSPS) is 28.3. The smallest absolute Gasteiger partial charge is 0.0392 e. The van der Waals surface area contributed by atoms with E-state index in [2.05, 4.69) is 38.2 Å². The van der Waals surface area contributed by atoms with E-state index in [0.717, 1.165) is 17.5 Å². The quantitative estimate of drug-likeness (QED) is 0.778. The van der Waals surface area contributed by atoms with Crippen molar-refractivity contribution in [3.8, 4) is 0 Å². The molecular formula is C15H24N2. The molecule has 1 aromatic carbocycles. The van der Waals surface area contributed by atoms with Crippen LogP contribution in [0.4, 0.5) is 11.4 Å². The number of nitrogens with two attached hydrogens (primary N) is 1. The maximum Gasteiger partial charge on any atom is 0.0392 e. The van der Waals surface area contributed by atoms with Crippen molar-refractivity contribution < 1.29 is 0 Å². The van der Waals surface area contributed by atoms with Crippen LogP contribution < -0.4 is 11.1 Å². The first-order valence-electron chi connectivity index (χ1n) is 6.74. The van der Waals surface area contributed by atoms with Gasteiger partial charge in [0.25, 0.3) is 0 Å². The van der Waals surface area contributed by atoms with Gasteiger partial charge in [0.2, 0.25) is 0 Å². The van der Waals surface area contributed by atoms with Crippen molar-refractivity contribution in [2.75, 3.05) is 11.1 Å². The van der Waals surface area contributed by atoms with E-state index >= 15 is 0 Å². The molecule has 3 unspecified atom stereocenters. The second-order valence-corrected chi connectivity index (χ2v) is 5.43. The van der Waals surface area contributed by atoms with Crippen LogP contribution in [0.3, 0.4) is 0 Å². The molecule has 3 N–H and O–H groups in total. The summed E-state index contributed by atoms with van der Waals surface area (Å²) in [5, 5.41) is 3.68. The van der Waals surface area contributed by atoms with Crippen molar-refractivity contribution in [2.45, 2.75) is 46.1 Å². The van der Waals surface area contributed by atoms with Gasteiger partial charge in [-0.3, -0.25) is 0 Å². The van der Waals surface area contributed by atoms with Gasteiger partial charge in [0.1, 0.15) is 0 Å². The van der Waals surface area contributed by atoms with Gasteiger partial charge in [-0.25, -0.2) is 0 Å². The van der Waals surface area contributed by atoms with Gasteiger partial charge in [0, 0.05) is 17.4 Å². The van der Waals surface area contributed by atoms with Gasteiger partial charge in [-0.15, -0.1) is 0 Å². The summed E-state index contributed by atoms with van der Waals surface area (Å²) in [5.74, 6) is 1.65. The topological polar surface area (TPSA) is 38.0 Å². The zero-order valence-corrected chi connectivity index (χ0v) is 11.2. The van der Waals surface area contributed by atoms with Crippen molar-refractivity contribution in [1.29, 1.82) is 0 Å². The van der Waals surface area contributed by atoms with E-state index in [-0.39, 0.29) is 0 Å². The van der Waals surface area contributed by atoms with Crippen molar-refractivity contribution in [3.05, 3.63) is 23.8 Å². The van der Waals surface area contributed by atoms with E-state index in [1.807, 2.05) is 6.07 Å². The molecule has 0 heterocycles. The number of nitrogen functional groups attached to an aromatic ring is 1. The minimum Gasteiger partial charge on any atom is -0.399 e. The number of nitrogens with one attached hydrogen (secondary N) is 1. The second kappa shape index (κ2) is 4.99. The number of benzene rings is 1. The van der Waals surface area contributed by atoms with E-state index in [0.29, 0.717) is 6.04 Å². The molecule has 1 aromatic rings. The van der Waals surface area contributed by atoms with Crippen LogP contribution in [-0.2, 0) is 0 Å². The molecule has 1 aliphatic rings. The number of hydrogen-bond acceptors (Lipinski definition) is 2. The molecule has 94 valence electrons. The standard InChI is InChI=1S/C15H24N2/c1-4-12-6-8-14(11(12)3)17-15-9-13(16)7-5-10(15)2/h5,7,9,11-12,14,17H,4,6,8,16H2,1-3H3. The largest absolute Gasteiger partial charge is 0.399 e. The van der Waals surface area contributed by atoms with Crippen LogP contribution in [0.15, 0.2) is 18.2 Å². The van der Waals surface area contributed by atoms with Crippen LogP contribution in [0.1, 0.15) is 38.7 Å². The zero-order chi connectivity index (χ0) is 12.4. The Labute approximate surface area is 105 Å². The summed E-state index contributed by atoms with van der Waals surface area (Å²) in [6.45, 7) is 6.81. The molecule has 0 amide bonds. The Kier molecular flexibility index (Phi) is 3.60. The fourth-order valence-electron chi connectivity index (χ4n) is 3.02. The lowest BCUT2D eigenvalue weighted by Crippen LogP contribution is -2.25. The Balaban J connectivity index is 2.09. The summed E-state index contributed by atoms with van der Waals surface area (Å²) in [7, 11) is 0. The third-order valence-corrected chi connectivity index (χ3v) is 4.35. The van der Waals surface area contributed by atoms with E-state index in [4.69, 9.17) is 5.73 Å². The average molecular weight is 232 g/mol. The van der Waals surface area contributed by atoms with Gasteiger partial charge < -0.3 is 11.1 Å². The minimum absolute atomic E-state index is 0.612. The Bertz CT molecular complexity index is 387. The third kappa shape index (κ3) is 2.56. The molecule has 0 aromatic heterocycles. The molecule has 1 aliphatic carbocycles. The van der Waals surface area contributed by atoms with Crippen molar-refractivity contribution in [1.82, 2.24) is 0 Å². The number of hydrogen-bond donors (Lipinski definition) is 2. The molecule has 2 nitrogen and oxygen atoms in total. The molecule has 1 saturated carbocycles. The van der Waals surface area contributed by atoms with Gasteiger partial charge in [0.05, 0.1) is 0 Å². The zero-order valence-electron chi connectivity index (χ0n) is 11.2. The SMILES string of the molecule is CCC1CCC(Nc2cc(N)ccc2C)C1C. The highest BCUT2D eigenvalue weighted by Gasteiger charge is 2.31. The van der Waals surface area contributed by atoms with Crippen LogP contribution >= 0.6 is 0 Å². The molecule has 17 heavy (non-hydrogen) atoms. The van der Waals surface area contributed by atoms with Gasteiger partial charge in [-0.05, 0) is 49.3 Å².